The molecule has 0 N–H and O–H groups in total. The van der Waals surface area contributed by atoms with Gasteiger partial charge in [-0.2, -0.15) is 0 Å². The summed E-state index contributed by atoms with van der Waals surface area (Å²) in [5.41, 5.74) is 0. The van der Waals surface area contributed by atoms with Crippen molar-refractivity contribution >= 4 is 11.8 Å². The van der Waals surface area contributed by atoms with E-state index < -0.39 is 18.5 Å². The van der Waals surface area contributed by atoms with Gasteiger partial charge in [-0.1, -0.05) is 36.8 Å². The van der Waals surface area contributed by atoms with Crippen LogP contribution in [0.5, 0.6) is 5.75 Å². The van der Waals surface area contributed by atoms with Gasteiger partial charge in [-0.25, -0.2) is 4.79 Å². The second-order valence-electron chi connectivity index (χ2n) is 11.0. The van der Waals surface area contributed by atoms with Crippen LogP contribution in [-0.2, 0) is 33.3 Å². The topological polar surface area (TPSA) is 89.5 Å². The van der Waals surface area contributed by atoms with E-state index in [0.717, 1.165) is 70.0 Å². The van der Waals surface area contributed by atoms with Crippen LogP contribution in [0.15, 0.2) is 54.0 Å². The van der Waals surface area contributed by atoms with Gasteiger partial charge in [0.2, 0.25) is 5.76 Å². The lowest BCUT2D eigenvalue weighted by Crippen LogP contribution is -2.28. The molecule has 3 fully saturated rings. The Morgan fingerprint density at radius 2 is 1.68 bits per heavy atom. The summed E-state index contributed by atoms with van der Waals surface area (Å²) >= 11 is 0. The molecule has 4 atom stereocenters. The van der Waals surface area contributed by atoms with Crippen molar-refractivity contribution in [3.8, 4) is 5.75 Å². The minimum Gasteiger partial charge on any atom is -0.493 e. The molecule has 0 amide bonds. The lowest BCUT2D eigenvalue weighted by molar-refractivity contribution is -0.172. The molecular formula is C33H46O8. The summed E-state index contributed by atoms with van der Waals surface area (Å²) < 4.78 is 34.6. The molecule has 2 aliphatic heterocycles. The predicted molar refractivity (Wildman–Crippen MR) is 154 cm³/mol. The number of hydrogen-bond acceptors (Lipinski definition) is 8. The molecule has 8 heteroatoms. The van der Waals surface area contributed by atoms with Crippen LogP contribution in [0.2, 0.25) is 0 Å². The maximum absolute atomic E-state index is 12.8. The molecule has 226 valence electrons. The van der Waals surface area contributed by atoms with Gasteiger partial charge in [-0.3, -0.25) is 4.79 Å². The molecule has 0 radical (unpaired) electrons. The highest BCUT2D eigenvalue weighted by atomic mass is 16.7. The quantitative estimate of drug-likeness (QED) is 0.0762. The Balaban J connectivity index is 1.31. The number of ether oxygens (including phenoxy) is 6. The molecule has 0 bridgehead atoms. The van der Waals surface area contributed by atoms with Crippen LogP contribution < -0.4 is 4.74 Å². The summed E-state index contributed by atoms with van der Waals surface area (Å²) in [7, 11) is 1.34. The summed E-state index contributed by atoms with van der Waals surface area (Å²) in [6, 6.07) is 9.80. The number of Topliss-reactive ketones (excluding diaryl/α,β-unsaturated/α-hetero) is 1. The summed E-state index contributed by atoms with van der Waals surface area (Å²) in [6.45, 7) is 1.85. The van der Waals surface area contributed by atoms with E-state index >= 15 is 0 Å². The normalized spacial score (nSPS) is 25.5. The summed E-state index contributed by atoms with van der Waals surface area (Å²) in [6.07, 6.45) is 14.1. The van der Waals surface area contributed by atoms with Crippen molar-refractivity contribution in [3.05, 3.63) is 54.0 Å². The van der Waals surface area contributed by atoms with E-state index in [1.165, 1.54) is 7.11 Å². The van der Waals surface area contributed by atoms with Crippen molar-refractivity contribution < 1.29 is 38.0 Å². The molecule has 1 aromatic rings. The number of allylic oxidation sites excluding steroid dienone is 2. The standard InChI is InChI=1S/C33H46O8/c1-36-33(35)32(41-31-19-9-12-24-39-31)29(40-30-18-8-11-23-38-30)17-6-5-16-27-25(20-21-28(27)34)13-7-10-22-37-26-14-3-2-4-15-26/h2-4,7,13-15,25,27,30-31H,5-6,8-12,16-24H2,1H3/b13-7+,32-29+/t25-,27+,30?,31?/m0/s1. The summed E-state index contributed by atoms with van der Waals surface area (Å²) in [4.78, 5) is 25.5. The average Bonchev–Trinajstić information content (AvgIpc) is 3.37. The maximum atomic E-state index is 12.8. The SMILES string of the molecule is COC(=O)/C(OC1CCCCO1)=C(/CCCC[C@H]1C(=O)CC[C@@H]1/C=C/CCOc1ccccc1)OC1CCCCO1. The number of carbonyl (C=O) groups excluding carboxylic acids is 2. The molecule has 3 aliphatic rings. The fourth-order valence-electron chi connectivity index (χ4n) is 5.67. The molecule has 1 aliphatic carbocycles. The number of esters is 1. The third-order valence-electron chi connectivity index (χ3n) is 7.93. The molecule has 4 rings (SSSR count). The van der Waals surface area contributed by atoms with Crippen LogP contribution >= 0.6 is 0 Å². The van der Waals surface area contributed by atoms with E-state index in [4.69, 9.17) is 28.4 Å². The highest BCUT2D eigenvalue weighted by molar-refractivity contribution is 5.86. The smallest absolute Gasteiger partial charge is 0.377 e. The van der Waals surface area contributed by atoms with Gasteiger partial charge >= 0.3 is 5.97 Å². The molecule has 0 spiro atoms. The summed E-state index contributed by atoms with van der Waals surface area (Å²) in [5.74, 6) is 1.46. The zero-order chi connectivity index (χ0) is 28.7. The number of para-hydroxylation sites is 1. The first-order valence-corrected chi connectivity index (χ1v) is 15.4. The molecule has 2 heterocycles. The van der Waals surface area contributed by atoms with Crippen molar-refractivity contribution in [1.29, 1.82) is 0 Å². The maximum Gasteiger partial charge on any atom is 0.377 e. The van der Waals surface area contributed by atoms with Gasteiger partial charge in [0.25, 0.3) is 0 Å². The molecule has 41 heavy (non-hydrogen) atoms. The Morgan fingerprint density at radius 1 is 0.951 bits per heavy atom. The molecule has 1 aromatic carbocycles. The second-order valence-corrected chi connectivity index (χ2v) is 11.0. The Hall–Kier alpha value is -2.84. The number of ketones is 1. The van der Waals surface area contributed by atoms with Gasteiger partial charge in [0.05, 0.1) is 26.9 Å². The Morgan fingerprint density at radius 3 is 2.37 bits per heavy atom. The molecule has 1 saturated carbocycles. The Labute approximate surface area is 244 Å². The second kappa shape index (κ2) is 17.2. The molecule has 8 nitrogen and oxygen atoms in total. The number of methoxy groups -OCH3 is 1. The number of unbranched alkanes of at least 4 members (excludes halogenated alkanes) is 1. The average molecular weight is 571 g/mol. The van der Waals surface area contributed by atoms with Gasteiger partial charge in [-0.15, -0.1) is 0 Å². The van der Waals surface area contributed by atoms with E-state index in [2.05, 4.69) is 12.2 Å². The minimum absolute atomic E-state index is 0.0308. The minimum atomic E-state index is -0.572. The predicted octanol–water partition coefficient (Wildman–Crippen LogP) is 6.64. The molecule has 0 aromatic heterocycles. The Bertz CT molecular complexity index is 992. The lowest BCUT2D eigenvalue weighted by Gasteiger charge is -2.28. The summed E-state index contributed by atoms with van der Waals surface area (Å²) in [5, 5.41) is 0. The number of benzene rings is 1. The van der Waals surface area contributed by atoms with Crippen molar-refractivity contribution in [2.75, 3.05) is 26.9 Å². The molecule has 2 unspecified atom stereocenters. The van der Waals surface area contributed by atoms with E-state index in [0.29, 0.717) is 50.6 Å². The van der Waals surface area contributed by atoms with E-state index in [1.54, 1.807) is 0 Å². The zero-order valence-corrected chi connectivity index (χ0v) is 24.4. The highest BCUT2D eigenvalue weighted by Gasteiger charge is 2.33. The van der Waals surface area contributed by atoms with Gasteiger partial charge < -0.3 is 28.4 Å². The fraction of sp³-hybridized carbons (Fsp3) is 0.636. The monoisotopic (exact) mass is 570 g/mol. The largest absolute Gasteiger partial charge is 0.493 e. The van der Waals surface area contributed by atoms with Crippen molar-refractivity contribution in [3.63, 3.8) is 0 Å². The fourth-order valence-corrected chi connectivity index (χ4v) is 5.67. The number of carbonyl (C=O) groups is 2. The van der Waals surface area contributed by atoms with Crippen molar-refractivity contribution in [2.45, 2.75) is 96.1 Å². The Kier molecular flexibility index (Phi) is 13.0. The first kappa shape index (κ1) is 31.1. The number of hydrogen-bond donors (Lipinski definition) is 0. The molecule has 2 saturated heterocycles. The van der Waals surface area contributed by atoms with Crippen LogP contribution in [0.3, 0.4) is 0 Å². The third-order valence-corrected chi connectivity index (χ3v) is 7.93. The van der Waals surface area contributed by atoms with Crippen molar-refractivity contribution in [1.82, 2.24) is 0 Å². The first-order chi connectivity index (χ1) is 20.1. The van der Waals surface area contributed by atoms with Crippen LogP contribution in [0.1, 0.15) is 83.5 Å². The zero-order valence-electron chi connectivity index (χ0n) is 24.4. The van der Waals surface area contributed by atoms with Gasteiger partial charge in [-0.05, 0) is 69.4 Å². The lowest BCUT2D eigenvalue weighted by atomic mass is 9.89. The van der Waals surface area contributed by atoms with Gasteiger partial charge in [0.1, 0.15) is 17.3 Å². The number of rotatable bonds is 15. The molecular weight excluding hydrogens is 524 g/mol. The van der Waals surface area contributed by atoms with E-state index in [9.17, 15) is 9.59 Å². The first-order valence-electron chi connectivity index (χ1n) is 15.4. The van der Waals surface area contributed by atoms with Gasteiger partial charge in [0, 0.05) is 31.6 Å². The van der Waals surface area contributed by atoms with Crippen LogP contribution in [0.4, 0.5) is 0 Å². The highest BCUT2D eigenvalue weighted by Crippen LogP contribution is 2.34. The van der Waals surface area contributed by atoms with Crippen LogP contribution in [0, 0.1) is 11.8 Å². The van der Waals surface area contributed by atoms with Crippen LogP contribution in [0.25, 0.3) is 0 Å². The van der Waals surface area contributed by atoms with E-state index in [1.807, 2.05) is 30.3 Å². The third kappa shape index (κ3) is 10.2. The van der Waals surface area contributed by atoms with Gasteiger partial charge in [0.15, 0.2) is 12.6 Å². The van der Waals surface area contributed by atoms with Crippen LogP contribution in [-0.4, -0.2) is 51.3 Å². The van der Waals surface area contributed by atoms with E-state index in [-0.39, 0.29) is 17.6 Å². The van der Waals surface area contributed by atoms with Crippen molar-refractivity contribution in [2.24, 2.45) is 11.8 Å².